The summed E-state index contributed by atoms with van der Waals surface area (Å²) in [7, 11) is 1.65. The van der Waals surface area contributed by atoms with Gasteiger partial charge in [-0.05, 0) is 31.2 Å². The first kappa shape index (κ1) is 19.6. The van der Waals surface area contributed by atoms with Crippen molar-refractivity contribution in [3.63, 3.8) is 0 Å². The maximum Gasteiger partial charge on any atom is 0.416 e. The van der Waals surface area contributed by atoms with Gasteiger partial charge in [0.05, 0.1) is 28.7 Å². The fraction of sp³-hybridized carbons (Fsp3) is 0.235. The Labute approximate surface area is 154 Å². The standard InChI is InChI=1S/C17H12F6N4O/c1-8-13-6-12(7-24-14(13)27(2)26-8)25-15(28)9-3-10(16(18,19)20)5-11(4-9)17(21,22)23/h3-7H,1-2H3,(H,25,28). The number of nitrogens with zero attached hydrogens (tertiary/aromatic N) is 3. The quantitative estimate of drug-likeness (QED) is 0.639. The van der Waals surface area contributed by atoms with E-state index in [2.05, 4.69) is 15.4 Å². The highest BCUT2D eigenvalue weighted by molar-refractivity contribution is 6.05. The molecule has 1 N–H and O–H groups in total. The molecule has 2 heterocycles. The number of carbonyl (C=O) groups excluding carboxylic acids is 1. The smallest absolute Gasteiger partial charge is 0.321 e. The van der Waals surface area contributed by atoms with Crippen molar-refractivity contribution in [2.24, 2.45) is 7.05 Å². The van der Waals surface area contributed by atoms with Crippen molar-refractivity contribution < 1.29 is 31.1 Å². The van der Waals surface area contributed by atoms with Crippen molar-refractivity contribution in [1.82, 2.24) is 14.8 Å². The molecule has 0 saturated heterocycles. The number of anilines is 1. The van der Waals surface area contributed by atoms with Gasteiger partial charge in [-0.25, -0.2) is 4.98 Å². The van der Waals surface area contributed by atoms with Crippen LogP contribution >= 0.6 is 0 Å². The summed E-state index contributed by atoms with van der Waals surface area (Å²) in [6.07, 6.45) is -8.84. The number of amides is 1. The Balaban J connectivity index is 1.99. The second-order valence-corrected chi connectivity index (χ2v) is 6.05. The topological polar surface area (TPSA) is 59.8 Å². The van der Waals surface area contributed by atoms with Crippen molar-refractivity contribution in [1.29, 1.82) is 0 Å². The molecule has 0 aliphatic rings. The van der Waals surface area contributed by atoms with E-state index in [9.17, 15) is 31.1 Å². The molecule has 0 atom stereocenters. The van der Waals surface area contributed by atoms with Gasteiger partial charge in [-0.2, -0.15) is 31.4 Å². The van der Waals surface area contributed by atoms with Crippen LogP contribution in [0.3, 0.4) is 0 Å². The lowest BCUT2D eigenvalue weighted by atomic mass is 10.0. The highest BCUT2D eigenvalue weighted by atomic mass is 19.4. The number of benzene rings is 1. The fourth-order valence-electron chi connectivity index (χ4n) is 2.67. The molecule has 28 heavy (non-hydrogen) atoms. The first-order chi connectivity index (χ1) is 12.9. The molecule has 5 nitrogen and oxygen atoms in total. The average molecular weight is 402 g/mol. The number of fused-ring (bicyclic) bond motifs is 1. The highest BCUT2D eigenvalue weighted by Gasteiger charge is 2.37. The largest absolute Gasteiger partial charge is 0.416 e. The average Bonchev–Trinajstić information content (AvgIpc) is 2.87. The number of carbonyl (C=O) groups is 1. The van der Waals surface area contributed by atoms with E-state index >= 15 is 0 Å². The molecule has 3 aromatic rings. The number of alkyl halides is 6. The van der Waals surface area contributed by atoms with Crippen LogP contribution in [0.5, 0.6) is 0 Å². The maximum absolute atomic E-state index is 12.9. The normalized spacial score (nSPS) is 12.4. The zero-order chi connectivity index (χ0) is 20.9. The maximum atomic E-state index is 12.9. The zero-order valence-corrected chi connectivity index (χ0v) is 14.4. The van der Waals surface area contributed by atoms with E-state index in [1.807, 2.05) is 0 Å². The third kappa shape index (κ3) is 3.78. The van der Waals surface area contributed by atoms with Crippen molar-refractivity contribution >= 4 is 22.6 Å². The van der Waals surface area contributed by atoms with Gasteiger partial charge in [-0.15, -0.1) is 0 Å². The minimum Gasteiger partial charge on any atom is -0.321 e. The van der Waals surface area contributed by atoms with E-state index in [0.29, 0.717) is 28.9 Å². The van der Waals surface area contributed by atoms with Crippen molar-refractivity contribution in [3.8, 4) is 0 Å². The number of aryl methyl sites for hydroxylation is 2. The van der Waals surface area contributed by atoms with Crippen molar-refractivity contribution in [3.05, 3.63) is 52.8 Å². The SMILES string of the molecule is Cc1nn(C)c2ncc(NC(=O)c3cc(C(F)(F)F)cc(C(F)(F)F)c3)cc12. The van der Waals surface area contributed by atoms with Crippen LogP contribution in [0.4, 0.5) is 32.0 Å². The minimum absolute atomic E-state index is 0.0383. The van der Waals surface area contributed by atoms with Gasteiger partial charge in [0.15, 0.2) is 5.65 Å². The van der Waals surface area contributed by atoms with Crippen LogP contribution < -0.4 is 5.32 Å². The molecule has 11 heteroatoms. The van der Waals surface area contributed by atoms with Crippen LogP contribution in [0.2, 0.25) is 0 Å². The molecule has 0 aliphatic heterocycles. The fourth-order valence-corrected chi connectivity index (χ4v) is 2.67. The number of aromatic nitrogens is 3. The molecule has 0 fully saturated rings. The van der Waals surface area contributed by atoms with Gasteiger partial charge in [0.2, 0.25) is 0 Å². The van der Waals surface area contributed by atoms with E-state index in [0.717, 1.165) is 0 Å². The minimum atomic E-state index is -5.04. The molecular weight excluding hydrogens is 390 g/mol. The Morgan fingerprint density at radius 2 is 1.57 bits per heavy atom. The van der Waals surface area contributed by atoms with Crippen LogP contribution in [-0.4, -0.2) is 20.7 Å². The summed E-state index contributed by atoms with van der Waals surface area (Å²) in [5.74, 6) is -1.13. The Morgan fingerprint density at radius 1 is 1.00 bits per heavy atom. The lowest BCUT2D eigenvalue weighted by Gasteiger charge is -2.14. The summed E-state index contributed by atoms with van der Waals surface area (Å²) in [6, 6.07) is 2.18. The zero-order valence-electron chi connectivity index (χ0n) is 14.4. The molecule has 0 spiro atoms. The summed E-state index contributed by atoms with van der Waals surface area (Å²) < 4.78 is 79.1. The number of hydrogen-bond donors (Lipinski definition) is 1. The first-order valence-electron chi connectivity index (χ1n) is 7.76. The van der Waals surface area contributed by atoms with Crippen LogP contribution in [0, 0.1) is 6.92 Å². The van der Waals surface area contributed by atoms with Crippen LogP contribution in [0.25, 0.3) is 11.0 Å². The molecule has 0 saturated carbocycles. The third-order valence-corrected chi connectivity index (χ3v) is 3.97. The van der Waals surface area contributed by atoms with Crippen molar-refractivity contribution in [2.75, 3.05) is 5.32 Å². The number of nitrogens with one attached hydrogen (secondary N) is 1. The molecule has 2 aromatic heterocycles. The second-order valence-electron chi connectivity index (χ2n) is 6.05. The molecule has 0 radical (unpaired) electrons. The molecule has 1 aromatic carbocycles. The van der Waals surface area contributed by atoms with Gasteiger partial charge >= 0.3 is 12.4 Å². The molecule has 1 amide bonds. The van der Waals surface area contributed by atoms with Gasteiger partial charge in [0.1, 0.15) is 0 Å². The van der Waals surface area contributed by atoms with E-state index in [1.54, 1.807) is 14.0 Å². The Hall–Kier alpha value is -3.11. The predicted octanol–water partition coefficient (Wildman–Crippen LogP) is 4.57. The summed E-state index contributed by atoms with van der Waals surface area (Å²) >= 11 is 0. The van der Waals surface area contributed by atoms with Crippen LogP contribution in [0.15, 0.2) is 30.5 Å². The summed E-state index contributed by atoms with van der Waals surface area (Å²) in [4.78, 5) is 16.4. The molecular formula is C17H12F6N4O. The molecule has 0 unspecified atom stereocenters. The number of rotatable bonds is 2. The van der Waals surface area contributed by atoms with E-state index in [4.69, 9.17) is 0 Å². The molecule has 3 rings (SSSR count). The summed E-state index contributed by atoms with van der Waals surface area (Å²) in [6.45, 7) is 1.69. The Bertz CT molecular complexity index is 1040. The molecule has 148 valence electrons. The number of halogens is 6. The van der Waals surface area contributed by atoms with E-state index < -0.39 is 35.0 Å². The van der Waals surface area contributed by atoms with E-state index in [1.165, 1.54) is 16.9 Å². The first-order valence-corrected chi connectivity index (χ1v) is 7.76. The summed E-state index contributed by atoms with van der Waals surface area (Å²) in [5.41, 5.74) is -2.69. The van der Waals surface area contributed by atoms with E-state index in [-0.39, 0.29) is 11.8 Å². The Morgan fingerprint density at radius 3 is 2.11 bits per heavy atom. The van der Waals surface area contributed by atoms with Gasteiger partial charge < -0.3 is 5.32 Å². The van der Waals surface area contributed by atoms with Crippen molar-refractivity contribution in [2.45, 2.75) is 19.3 Å². The van der Waals surface area contributed by atoms with Gasteiger partial charge in [0.25, 0.3) is 5.91 Å². The number of pyridine rings is 1. The van der Waals surface area contributed by atoms with Crippen LogP contribution in [0.1, 0.15) is 27.2 Å². The van der Waals surface area contributed by atoms with Gasteiger partial charge in [0, 0.05) is 18.0 Å². The lowest BCUT2D eigenvalue weighted by molar-refractivity contribution is -0.143. The third-order valence-electron chi connectivity index (χ3n) is 3.97. The van der Waals surface area contributed by atoms with Crippen LogP contribution in [-0.2, 0) is 19.4 Å². The Kier molecular flexibility index (Phi) is 4.56. The summed E-state index contributed by atoms with van der Waals surface area (Å²) in [5, 5.41) is 6.99. The molecule has 0 aliphatic carbocycles. The lowest BCUT2D eigenvalue weighted by Crippen LogP contribution is -2.17. The number of hydrogen-bond acceptors (Lipinski definition) is 3. The van der Waals surface area contributed by atoms with Gasteiger partial charge in [-0.3, -0.25) is 9.48 Å². The highest BCUT2D eigenvalue weighted by Crippen LogP contribution is 2.36. The predicted molar refractivity (Wildman–Crippen MR) is 87.6 cm³/mol. The monoisotopic (exact) mass is 402 g/mol. The molecule has 0 bridgehead atoms. The van der Waals surface area contributed by atoms with Gasteiger partial charge in [-0.1, -0.05) is 0 Å². The second kappa shape index (κ2) is 6.50.